The Labute approximate surface area is 131 Å². The summed E-state index contributed by atoms with van der Waals surface area (Å²) in [6.07, 6.45) is -12.6. The van der Waals surface area contributed by atoms with Gasteiger partial charge in [0.1, 0.15) is 36.6 Å². The molecule has 2 heterocycles. The summed E-state index contributed by atoms with van der Waals surface area (Å²) in [5, 5.41) is 58.3. The Morgan fingerprint density at radius 1 is 1.00 bits per heavy atom. The Morgan fingerprint density at radius 2 is 1.65 bits per heavy atom. The zero-order chi connectivity index (χ0) is 17.3. The highest BCUT2D eigenvalue weighted by Crippen LogP contribution is 2.30. The van der Waals surface area contributed by atoms with Crippen LogP contribution in [0.4, 0.5) is 0 Å². The molecular weight excluding hydrogens is 316 g/mol. The molecule has 0 bridgehead atoms. The zero-order valence-corrected chi connectivity index (χ0v) is 12.4. The van der Waals surface area contributed by atoms with E-state index in [4.69, 9.17) is 14.2 Å². The maximum absolute atomic E-state index is 10.9. The van der Waals surface area contributed by atoms with Crippen molar-refractivity contribution < 1.29 is 49.6 Å². The molecule has 10 nitrogen and oxygen atoms in total. The van der Waals surface area contributed by atoms with Crippen LogP contribution in [-0.2, 0) is 19.0 Å². The monoisotopic (exact) mass is 338 g/mol. The number of rotatable bonds is 4. The number of carbonyl (C=O) groups excluding carboxylic acids is 1. The van der Waals surface area contributed by atoms with Gasteiger partial charge in [-0.3, -0.25) is 0 Å². The molecule has 2 fully saturated rings. The van der Waals surface area contributed by atoms with E-state index in [1.54, 1.807) is 0 Å². The third-order valence-electron chi connectivity index (χ3n) is 4.22. The predicted octanol–water partition coefficient (Wildman–Crippen LogP) is -3.92. The van der Waals surface area contributed by atoms with Gasteiger partial charge in [0, 0.05) is 5.92 Å². The van der Waals surface area contributed by atoms with Crippen molar-refractivity contribution in [3.8, 4) is 0 Å². The van der Waals surface area contributed by atoms with Gasteiger partial charge in [0.15, 0.2) is 18.9 Å². The number of hydrogen-bond donors (Lipinski definition) is 6. The van der Waals surface area contributed by atoms with Gasteiger partial charge in [-0.2, -0.15) is 0 Å². The molecule has 134 valence electrons. The maximum atomic E-state index is 10.9. The summed E-state index contributed by atoms with van der Waals surface area (Å²) in [5.41, 5.74) is 0. The van der Waals surface area contributed by atoms with Gasteiger partial charge in [-0.1, -0.05) is 6.92 Å². The van der Waals surface area contributed by atoms with Crippen molar-refractivity contribution in [1.82, 2.24) is 0 Å². The number of ether oxygens (including phenoxy) is 3. The first kappa shape index (κ1) is 18.6. The second-order valence-electron chi connectivity index (χ2n) is 5.78. The minimum absolute atomic E-state index is 0.250. The number of hydrogen-bond acceptors (Lipinski definition) is 10. The lowest BCUT2D eigenvalue weighted by Gasteiger charge is -2.45. The van der Waals surface area contributed by atoms with Crippen molar-refractivity contribution in [2.24, 2.45) is 5.92 Å². The van der Waals surface area contributed by atoms with Crippen molar-refractivity contribution in [3.63, 3.8) is 0 Å². The number of aliphatic hydroxyl groups is 6. The lowest BCUT2D eigenvalue weighted by atomic mass is 9.92. The van der Waals surface area contributed by atoms with Gasteiger partial charge in [-0.05, 0) is 0 Å². The molecular formula is C13H22O10. The SMILES string of the molecule is CC1C(O)OC(CO)[C@@H](O[C@@H]2OC(C=O)[C@@H](O)[C@@H](O)C2O)[C@@H]1O. The molecule has 10 atom stereocenters. The van der Waals surface area contributed by atoms with Gasteiger partial charge in [0.2, 0.25) is 0 Å². The fraction of sp³-hybridized carbons (Fsp3) is 0.923. The molecule has 0 aromatic rings. The molecule has 2 aliphatic heterocycles. The lowest BCUT2D eigenvalue weighted by Crippen LogP contribution is -2.62. The Morgan fingerprint density at radius 3 is 2.22 bits per heavy atom. The van der Waals surface area contributed by atoms with Crippen molar-refractivity contribution in [2.45, 2.75) is 62.2 Å². The average molecular weight is 338 g/mol. The van der Waals surface area contributed by atoms with E-state index in [1.165, 1.54) is 6.92 Å². The van der Waals surface area contributed by atoms with Crippen LogP contribution in [0.15, 0.2) is 0 Å². The average Bonchev–Trinajstić information content (AvgIpc) is 2.55. The van der Waals surface area contributed by atoms with Crippen LogP contribution in [0.5, 0.6) is 0 Å². The van der Waals surface area contributed by atoms with Gasteiger partial charge in [0.25, 0.3) is 0 Å². The van der Waals surface area contributed by atoms with E-state index >= 15 is 0 Å². The molecule has 0 aromatic heterocycles. The van der Waals surface area contributed by atoms with E-state index in [-0.39, 0.29) is 6.29 Å². The Balaban J connectivity index is 2.13. The van der Waals surface area contributed by atoms with Crippen LogP contribution in [0.25, 0.3) is 0 Å². The first-order valence-electron chi connectivity index (χ1n) is 7.24. The van der Waals surface area contributed by atoms with E-state index in [0.717, 1.165) is 0 Å². The number of aldehydes is 1. The molecule has 2 saturated heterocycles. The molecule has 6 N–H and O–H groups in total. The maximum Gasteiger partial charge on any atom is 0.187 e. The highest BCUT2D eigenvalue weighted by Gasteiger charge is 2.49. The van der Waals surface area contributed by atoms with Crippen LogP contribution < -0.4 is 0 Å². The summed E-state index contributed by atoms with van der Waals surface area (Å²) in [4.78, 5) is 10.9. The quantitative estimate of drug-likeness (QED) is 0.279. The second-order valence-corrected chi connectivity index (χ2v) is 5.78. The van der Waals surface area contributed by atoms with E-state index in [9.17, 15) is 35.4 Å². The molecule has 2 aliphatic rings. The fourth-order valence-electron chi connectivity index (χ4n) is 2.64. The molecule has 0 radical (unpaired) electrons. The van der Waals surface area contributed by atoms with Gasteiger partial charge < -0.3 is 49.6 Å². The minimum Gasteiger partial charge on any atom is -0.394 e. The van der Waals surface area contributed by atoms with Gasteiger partial charge >= 0.3 is 0 Å². The normalized spacial score (nSPS) is 51.4. The molecule has 5 unspecified atom stereocenters. The first-order chi connectivity index (χ1) is 10.8. The van der Waals surface area contributed by atoms with Crippen molar-refractivity contribution >= 4 is 6.29 Å². The Kier molecular flexibility index (Phi) is 6.05. The van der Waals surface area contributed by atoms with Crippen LogP contribution in [0.3, 0.4) is 0 Å². The highest BCUT2D eigenvalue weighted by atomic mass is 16.7. The lowest BCUT2D eigenvalue weighted by molar-refractivity contribution is -0.342. The van der Waals surface area contributed by atoms with Crippen molar-refractivity contribution in [3.05, 3.63) is 0 Å². The van der Waals surface area contributed by atoms with Crippen molar-refractivity contribution in [1.29, 1.82) is 0 Å². The van der Waals surface area contributed by atoms with Crippen LogP contribution in [0.1, 0.15) is 6.92 Å². The van der Waals surface area contributed by atoms with Crippen molar-refractivity contribution in [2.75, 3.05) is 6.61 Å². The van der Waals surface area contributed by atoms with Crippen LogP contribution >= 0.6 is 0 Å². The summed E-state index contributed by atoms with van der Waals surface area (Å²) < 4.78 is 15.6. The summed E-state index contributed by atoms with van der Waals surface area (Å²) in [7, 11) is 0. The second kappa shape index (κ2) is 7.47. The molecule has 0 aliphatic carbocycles. The standard InChI is InChI=1S/C13H22O10/c1-4-7(16)11(6(3-15)21-12(4)20)23-13-10(19)9(18)8(17)5(2-14)22-13/h2,4-13,15-20H,3H2,1H3/t4?,5?,6?,7-,8-,9-,10?,11-,12?,13+/m1/s1. The smallest absolute Gasteiger partial charge is 0.187 e. The van der Waals surface area contributed by atoms with Gasteiger partial charge in [-0.15, -0.1) is 0 Å². The predicted molar refractivity (Wildman–Crippen MR) is 70.8 cm³/mol. The fourth-order valence-corrected chi connectivity index (χ4v) is 2.64. The van der Waals surface area contributed by atoms with Crippen LogP contribution in [0.2, 0.25) is 0 Å². The summed E-state index contributed by atoms with van der Waals surface area (Å²) in [5.74, 6) is -0.749. The van der Waals surface area contributed by atoms with E-state index in [0.29, 0.717) is 0 Å². The summed E-state index contributed by atoms with van der Waals surface area (Å²) >= 11 is 0. The largest absolute Gasteiger partial charge is 0.394 e. The van der Waals surface area contributed by atoms with Crippen LogP contribution in [0, 0.1) is 5.92 Å². The Bertz CT molecular complexity index is 404. The molecule has 2 rings (SSSR count). The molecule has 23 heavy (non-hydrogen) atoms. The molecule has 0 amide bonds. The third kappa shape index (κ3) is 3.55. The summed E-state index contributed by atoms with van der Waals surface area (Å²) in [6, 6.07) is 0. The first-order valence-corrected chi connectivity index (χ1v) is 7.24. The number of aliphatic hydroxyl groups excluding tert-OH is 6. The topological polar surface area (TPSA) is 166 Å². The van der Waals surface area contributed by atoms with Gasteiger partial charge in [-0.25, -0.2) is 0 Å². The van der Waals surface area contributed by atoms with E-state index in [2.05, 4.69) is 0 Å². The Hall–Kier alpha value is -0.690. The molecule has 0 saturated carbocycles. The van der Waals surface area contributed by atoms with Gasteiger partial charge in [0.05, 0.1) is 12.7 Å². The van der Waals surface area contributed by atoms with E-state index < -0.39 is 67.8 Å². The zero-order valence-electron chi connectivity index (χ0n) is 12.4. The third-order valence-corrected chi connectivity index (χ3v) is 4.22. The molecule has 0 aromatic carbocycles. The molecule has 10 heteroatoms. The van der Waals surface area contributed by atoms with E-state index in [1.807, 2.05) is 0 Å². The minimum atomic E-state index is -1.69. The summed E-state index contributed by atoms with van der Waals surface area (Å²) in [6.45, 7) is 0.904. The van der Waals surface area contributed by atoms with Crippen LogP contribution in [-0.4, -0.2) is 98.8 Å². The highest BCUT2D eigenvalue weighted by molar-refractivity contribution is 5.57. The molecule has 0 spiro atoms. The number of carbonyl (C=O) groups is 1.